The quantitative estimate of drug-likeness (QED) is 0.718. The second kappa shape index (κ2) is 9.42. The third kappa shape index (κ3) is 5.64. The second-order valence-corrected chi connectivity index (χ2v) is 5.96. The molecule has 1 aliphatic rings. The van der Waals surface area contributed by atoms with Crippen LogP contribution in [-0.2, 0) is 4.79 Å². The SMILES string of the molecule is CCC(NCC(=O)NCCC1=CCCCC1)c1ccccc1. The van der Waals surface area contributed by atoms with Gasteiger partial charge in [-0.15, -0.1) is 0 Å². The van der Waals surface area contributed by atoms with E-state index in [1.807, 2.05) is 18.2 Å². The van der Waals surface area contributed by atoms with Crippen LogP contribution in [0.3, 0.4) is 0 Å². The first-order chi connectivity index (χ1) is 10.8. The smallest absolute Gasteiger partial charge is 0.233 e. The molecule has 0 heterocycles. The second-order valence-electron chi connectivity index (χ2n) is 5.96. The molecule has 3 nitrogen and oxygen atoms in total. The molecule has 2 rings (SSSR count). The van der Waals surface area contributed by atoms with Crippen molar-refractivity contribution in [2.24, 2.45) is 0 Å². The minimum atomic E-state index is 0.0887. The van der Waals surface area contributed by atoms with Gasteiger partial charge in [-0.3, -0.25) is 4.79 Å². The molecule has 0 spiro atoms. The summed E-state index contributed by atoms with van der Waals surface area (Å²) in [5.74, 6) is 0.0887. The van der Waals surface area contributed by atoms with Crippen LogP contribution in [0.1, 0.15) is 57.1 Å². The molecule has 1 aliphatic carbocycles. The first-order valence-electron chi connectivity index (χ1n) is 8.52. The molecule has 1 unspecified atom stereocenters. The number of nitrogens with one attached hydrogen (secondary N) is 2. The van der Waals surface area contributed by atoms with Crippen LogP contribution in [0.25, 0.3) is 0 Å². The molecule has 1 amide bonds. The number of hydrogen-bond donors (Lipinski definition) is 2. The highest BCUT2D eigenvalue weighted by atomic mass is 16.1. The van der Waals surface area contributed by atoms with Crippen LogP contribution in [0.2, 0.25) is 0 Å². The zero-order valence-corrected chi connectivity index (χ0v) is 13.6. The lowest BCUT2D eigenvalue weighted by atomic mass is 9.97. The lowest BCUT2D eigenvalue weighted by Gasteiger charge is -2.17. The summed E-state index contributed by atoms with van der Waals surface area (Å²) in [7, 11) is 0. The van der Waals surface area contributed by atoms with Crippen LogP contribution in [0, 0.1) is 0 Å². The average Bonchev–Trinajstić information content (AvgIpc) is 2.57. The molecule has 22 heavy (non-hydrogen) atoms. The number of benzene rings is 1. The molecule has 2 N–H and O–H groups in total. The van der Waals surface area contributed by atoms with Gasteiger partial charge in [0, 0.05) is 12.6 Å². The Morgan fingerprint density at radius 1 is 1.23 bits per heavy atom. The zero-order chi connectivity index (χ0) is 15.6. The first-order valence-corrected chi connectivity index (χ1v) is 8.52. The fourth-order valence-electron chi connectivity index (χ4n) is 2.96. The summed E-state index contributed by atoms with van der Waals surface area (Å²) in [5.41, 5.74) is 2.75. The molecular weight excluding hydrogens is 272 g/mol. The van der Waals surface area contributed by atoms with E-state index >= 15 is 0 Å². The molecule has 1 aromatic carbocycles. The summed E-state index contributed by atoms with van der Waals surface area (Å²) < 4.78 is 0. The standard InChI is InChI=1S/C19H28N2O/c1-2-18(17-11-7-4-8-12-17)21-15-19(22)20-14-13-16-9-5-3-6-10-16/h4,7-9,11-12,18,21H,2-3,5-6,10,13-15H2,1H3,(H,20,22). The van der Waals surface area contributed by atoms with E-state index in [0.717, 1.165) is 19.4 Å². The van der Waals surface area contributed by atoms with Crippen molar-refractivity contribution in [2.45, 2.75) is 51.5 Å². The Kier molecular flexibility index (Phi) is 7.17. The van der Waals surface area contributed by atoms with E-state index in [0.29, 0.717) is 6.54 Å². The molecular formula is C19H28N2O. The van der Waals surface area contributed by atoms with E-state index in [-0.39, 0.29) is 11.9 Å². The van der Waals surface area contributed by atoms with Crippen LogP contribution in [0.4, 0.5) is 0 Å². The summed E-state index contributed by atoms with van der Waals surface area (Å²) in [4.78, 5) is 11.9. The highest BCUT2D eigenvalue weighted by Crippen LogP contribution is 2.19. The Bertz CT molecular complexity index is 481. The Labute approximate surface area is 134 Å². The molecule has 0 bridgehead atoms. The fraction of sp³-hybridized carbons (Fsp3) is 0.526. The predicted molar refractivity (Wildman–Crippen MR) is 91.7 cm³/mol. The van der Waals surface area contributed by atoms with Crippen molar-refractivity contribution >= 4 is 5.91 Å². The number of amides is 1. The van der Waals surface area contributed by atoms with Gasteiger partial charge >= 0.3 is 0 Å². The highest BCUT2D eigenvalue weighted by molar-refractivity contribution is 5.78. The minimum Gasteiger partial charge on any atom is -0.355 e. The van der Waals surface area contributed by atoms with Gasteiger partial charge in [-0.05, 0) is 44.1 Å². The van der Waals surface area contributed by atoms with Crippen molar-refractivity contribution in [3.05, 3.63) is 47.5 Å². The molecule has 0 saturated heterocycles. The molecule has 0 fully saturated rings. The van der Waals surface area contributed by atoms with Crippen molar-refractivity contribution in [2.75, 3.05) is 13.1 Å². The van der Waals surface area contributed by atoms with Crippen molar-refractivity contribution in [1.82, 2.24) is 10.6 Å². The van der Waals surface area contributed by atoms with Crippen molar-refractivity contribution < 1.29 is 4.79 Å². The summed E-state index contributed by atoms with van der Waals surface area (Å²) in [5, 5.41) is 6.37. The summed E-state index contributed by atoms with van der Waals surface area (Å²) >= 11 is 0. The maximum Gasteiger partial charge on any atom is 0.233 e. The third-order valence-electron chi connectivity index (χ3n) is 4.27. The Morgan fingerprint density at radius 2 is 2.05 bits per heavy atom. The minimum absolute atomic E-state index is 0.0887. The Balaban J connectivity index is 1.67. The molecule has 0 aliphatic heterocycles. The van der Waals surface area contributed by atoms with Gasteiger partial charge in [0.2, 0.25) is 5.91 Å². The lowest BCUT2D eigenvalue weighted by Crippen LogP contribution is -2.36. The van der Waals surface area contributed by atoms with Gasteiger partial charge in [-0.2, -0.15) is 0 Å². The lowest BCUT2D eigenvalue weighted by molar-refractivity contribution is -0.120. The molecule has 1 aromatic rings. The van der Waals surface area contributed by atoms with Crippen LogP contribution < -0.4 is 10.6 Å². The van der Waals surface area contributed by atoms with Crippen molar-refractivity contribution in [3.8, 4) is 0 Å². The van der Waals surface area contributed by atoms with E-state index in [9.17, 15) is 4.79 Å². The average molecular weight is 300 g/mol. The summed E-state index contributed by atoms with van der Waals surface area (Å²) in [6, 6.07) is 10.6. The topological polar surface area (TPSA) is 41.1 Å². The Morgan fingerprint density at radius 3 is 2.73 bits per heavy atom. The molecule has 3 heteroatoms. The van der Waals surface area contributed by atoms with Gasteiger partial charge in [0.25, 0.3) is 0 Å². The van der Waals surface area contributed by atoms with Gasteiger partial charge < -0.3 is 10.6 Å². The zero-order valence-electron chi connectivity index (χ0n) is 13.6. The van der Waals surface area contributed by atoms with E-state index in [4.69, 9.17) is 0 Å². The van der Waals surface area contributed by atoms with Crippen LogP contribution in [0.15, 0.2) is 42.0 Å². The molecule has 1 atom stereocenters. The number of carbonyl (C=O) groups excluding carboxylic acids is 1. The molecule has 0 radical (unpaired) electrons. The molecule has 120 valence electrons. The van der Waals surface area contributed by atoms with E-state index in [1.54, 1.807) is 0 Å². The first kappa shape index (κ1) is 16.8. The van der Waals surface area contributed by atoms with Crippen molar-refractivity contribution in [3.63, 3.8) is 0 Å². The van der Waals surface area contributed by atoms with E-state index < -0.39 is 0 Å². The number of carbonyl (C=O) groups is 1. The van der Waals surface area contributed by atoms with E-state index in [2.05, 4.69) is 35.8 Å². The Hall–Kier alpha value is -1.61. The maximum atomic E-state index is 11.9. The highest BCUT2D eigenvalue weighted by Gasteiger charge is 2.10. The maximum absolute atomic E-state index is 11.9. The number of allylic oxidation sites excluding steroid dienone is 1. The van der Waals surface area contributed by atoms with Crippen LogP contribution in [0.5, 0.6) is 0 Å². The summed E-state index contributed by atoms with van der Waals surface area (Å²) in [6.07, 6.45) is 9.36. The molecule has 0 aromatic heterocycles. The van der Waals surface area contributed by atoms with Gasteiger partial charge in [-0.25, -0.2) is 0 Å². The predicted octanol–water partition coefficient (Wildman–Crippen LogP) is 3.73. The van der Waals surface area contributed by atoms with Crippen LogP contribution >= 0.6 is 0 Å². The van der Waals surface area contributed by atoms with E-state index in [1.165, 1.54) is 36.8 Å². The largest absolute Gasteiger partial charge is 0.355 e. The van der Waals surface area contributed by atoms with Gasteiger partial charge in [-0.1, -0.05) is 48.9 Å². The van der Waals surface area contributed by atoms with Crippen molar-refractivity contribution in [1.29, 1.82) is 0 Å². The van der Waals surface area contributed by atoms with Crippen LogP contribution in [-0.4, -0.2) is 19.0 Å². The monoisotopic (exact) mass is 300 g/mol. The fourth-order valence-corrected chi connectivity index (χ4v) is 2.96. The van der Waals surface area contributed by atoms with Gasteiger partial charge in [0.05, 0.1) is 6.54 Å². The van der Waals surface area contributed by atoms with Gasteiger partial charge in [0.1, 0.15) is 0 Å². The third-order valence-corrected chi connectivity index (χ3v) is 4.27. The number of rotatable bonds is 8. The molecule has 0 saturated carbocycles. The normalized spacial score (nSPS) is 16.0. The van der Waals surface area contributed by atoms with Gasteiger partial charge in [0.15, 0.2) is 0 Å². The summed E-state index contributed by atoms with van der Waals surface area (Å²) in [6.45, 7) is 3.28. The number of hydrogen-bond acceptors (Lipinski definition) is 2.